The Bertz CT molecular complexity index is 806. The van der Waals surface area contributed by atoms with Gasteiger partial charge in [-0.3, -0.25) is 9.59 Å². The highest BCUT2D eigenvalue weighted by Crippen LogP contribution is 2.19. The van der Waals surface area contributed by atoms with Crippen LogP contribution in [0.15, 0.2) is 47.6 Å². The smallest absolute Gasteiger partial charge is 0.329 e. The van der Waals surface area contributed by atoms with Crippen LogP contribution in [0.5, 0.6) is 5.75 Å². The number of anilines is 1. The van der Waals surface area contributed by atoms with Crippen LogP contribution < -0.4 is 15.5 Å². The lowest BCUT2D eigenvalue weighted by Crippen LogP contribution is -2.32. The summed E-state index contributed by atoms with van der Waals surface area (Å²) in [7, 11) is 0. The van der Waals surface area contributed by atoms with Crippen molar-refractivity contribution in [2.24, 2.45) is 5.10 Å². The van der Waals surface area contributed by atoms with Gasteiger partial charge in [0.1, 0.15) is 5.75 Å². The van der Waals surface area contributed by atoms with E-state index < -0.39 is 11.8 Å². The van der Waals surface area contributed by atoms with Crippen LogP contribution >= 0.6 is 11.6 Å². The van der Waals surface area contributed by atoms with Gasteiger partial charge < -0.3 is 10.1 Å². The van der Waals surface area contributed by atoms with Crippen molar-refractivity contribution >= 4 is 35.3 Å². The molecule has 0 heterocycles. The van der Waals surface area contributed by atoms with Crippen molar-refractivity contribution in [2.75, 3.05) is 11.9 Å². The van der Waals surface area contributed by atoms with Crippen LogP contribution in [0.4, 0.5) is 5.69 Å². The Morgan fingerprint density at radius 2 is 2.00 bits per heavy atom. The largest absolute Gasteiger partial charge is 0.494 e. The van der Waals surface area contributed by atoms with E-state index >= 15 is 0 Å². The van der Waals surface area contributed by atoms with Gasteiger partial charge in [-0.15, -0.1) is 0 Å². The highest BCUT2D eigenvalue weighted by atomic mass is 35.5. The van der Waals surface area contributed by atoms with Crippen molar-refractivity contribution in [1.82, 2.24) is 5.43 Å². The molecule has 0 saturated heterocycles. The van der Waals surface area contributed by atoms with Gasteiger partial charge >= 0.3 is 11.8 Å². The molecule has 2 aromatic carbocycles. The lowest BCUT2D eigenvalue weighted by atomic mass is 10.2. The van der Waals surface area contributed by atoms with Gasteiger partial charge in [0.25, 0.3) is 0 Å². The maximum atomic E-state index is 11.8. The molecule has 2 N–H and O–H groups in total. The fourth-order valence-electron chi connectivity index (χ4n) is 1.93. The van der Waals surface area contributed by atoms with Crippen LogP contribution in [-0.4, -0.2) is 24.6 Å². The Morgan fingerprint density at radius 3 is 2.72 bits per heavy atom. The van der Waals surface area contributed by atoms with Crippen LogP contribution in [-0.2, 0) is 9.59 Å². The molecule has 0 aliphatic carbocycles. The van der Waals surface area contributed by atoms with E-state index in [9.17, 15) is 9.59 Å². The number of nitrogens with zero attached hydrogens (tertiary/aromatic N) is 1. The summed E-state index contributed by atoms with van der Waals surface area (Å²) in [4.78, 5) is 23.6. The zero-order valence-corrected chi connectivity index (χ0v) is 14.6. The molecule has 0 aromatic heterocycles. The third-order valence-corrected chi connectivity index (χ3v) is 3.59. The molecule has 25 heavy (non-hydrogen) atoms. The van der Waals surface area contributed by atoms with E-state index in [1.165, 1.54) is 6.21 Å². The number of hydrogen-bond donors (Lipinski definition) is 2. The molecular formula is C18H18ClN3O3. The molecule has 0 atom stereocenters. The fourth-order valence-corrected chi connectivity index (χ4v) is 2.11. The summed E-state index contributed by atoms with van der Waals surface area (Å²) in [5, 5.41) is 6.73. The van der Waals surface area contributed by atoms with Gasteiger partial charge in [0, 0.05) is 10.7 Å². The minimum atomic E-state index is -0.881. The lowest BCUT2D eigenvalue weighted by Gasteiger charge is -2.06. The van der Waals surface area contributed by atoms with E-state index in [0.717, 1.165) is 11.1 Å². The van der Waals surface area contributed by atoms with E-state index in [4.69, 9.17) is 16.3 Å². The molecule has 6 nitrogen and oxygen atoms in total. The molecule has 0 bridgehead atoms. The predicted molar refractivity (Wildman–Crippen MR) is 98.2 cm³/mol. The summed E-state index contributed by atoms with van der Waals surface area (Å²) < 4.78 is 5.37. The van der Waals surface area contributed by atoms with E-state index in [0.29, 0.717) is 23.1 Å². The van der Waals surface area contributed by atoms with Gasteiger partial charge in [0.15, 0.2) is 0 Å². The minimum Gasteiger partial charge on any atom is -0.494 e. The summed E-state index contributed by atoms with van der Waals surface area (Å²) in [5.41, 5.74) is 4.22. The highest BCUT2D eigenvalue weighted by Gasteiger charge is 2.13. The minimum absolute atomic E-state index is 0.434. The van der Waals surface area contributed by atoms with Crippen LogP contribution in [0.3, 0.4) is 0 Å². The molecule has 2 amide bonds. The second-order valence-electron chi connectivity index (χ2n) is 5.12. The average molecular weight is 360 g/mol. The first-order valence-electron chi connectivity index (χ1n) is 7.63. The summed E-state index contributed by atoms with van der Waals surface area (Å²) in [5.74, 6) is -1.01. The van der Waals surface area contributed by atoms with E-state index in [1.807, 2.05) is 26.0 Å². The zero-order chi connectivity index (χ0) is 18.2. The molecule has 0 aliphatic heterocycles. The molecule has 0 radical (unpaired) electrons. The number of aryl methyl sites for hydroxylation is 1. The lowest BCUT2D eigenvalue weighted by molar-refractivity contribution is -0.136. The van der Waals surface area contributed by atoms with Gasteiger partial charge in [-0.2, -0.15) is 5.10 Å². The van der Waals surface area contributed by atoms with E-state index in [1.54, 1.807) is 30.3 Å². The first-order valence-corrected chi connectivity index (χ1v) is 8.00. The Labute approximate surface area is 150 Å². The molecule has 130 valence electrons. The third kappa shape index (κ3) is 5.61. The number of carbonyl (C=O) groups excluding carboxylic acids is 2. The quantitative estimate of drug-likeness (QED) is 0.489. The molecule has 0 saturated carbocycles. The van der Waals surface area contributed by atoms with Crippen LogP contribution in [0.25, 0.3) is 0 Å². The summed E-state index contributed by atoms with van der Waals surface area (Å²) in [6.07, 6.45) is 1.43. The molecular weight excluding hydrogens is 342 g/mol. The molecule has 0 unspecified atom stereocenters. The van der Waals surface area contributed by atoms with Crippen molar-refractivity contribution in [3.8, 4) is 5.75 Å². The second kappa shape index (κ2) is 8.84. The number of ether oxygens (including phenoxy) is 1. The van der Waals surface area contributed by atoms with Crippen LogP contribution in [0, 0.1) is 6.92 Å². The fraction of sp³-hybridized carbons (Fsp3) is 0.167. The van der Waals surface area contributed by atoms with Crippen LogP contribution in [0.1, 0.15) is 18.1 Å². The third-order valence-electron chi connectivity index (χ3n) is 3.18. The monoisotopic (exact) mass is 359 g/mol. The number of carbonyl (C=O) groups is 2. The first kappa shape index (κ1) is 18.5. The Morgan fingerprint density at radius 1 is 1.20 bits per heavy atom. The molecule has 2 rings (SSSR count). The van der Waals surface area contributed by atoms with E-state index in [-0.39, 0.29) is 0 Å². The number of halogens is 1. The summed E-state index contributed by atoms with van der Waals surface area (Å²) in [6, 6.07) is 12.2. The zero-order valence-electron chi connectivity index (χ0n) is 13.9. The van der Waals surface area contributed by atoms with Crippen molar-refractivity contribution in [1.29, 1.82) is 0 Å². The highest BCUT2D eigenvalue weighted by molar-refractivity contribution is 6.39. The molecule has 0 fully saturated rings. The van der Waals surface area contributed by atoms with Crippen molar-refractivity contribution in [3.63, 3.8) is 0 Å². The number of rotatable bonds is 5. The SMILES string of the molecule is CCOc1cccc(/C=N\NC(=O)C(=O)Nc2ccc(C)c(Cl)c2)c1. The van der Waals surface area contributed by atoms with Crippen molar-refractivity contribution in [3.05, 3.63) is 58.6 Å². The van der Waals surface area contributed by atoms with Crippen molar-refractivity contribution < 1.29 is 14.3 Å². The number of amides is 2. The van der Waals surface area contributed by atoms with Gasteiger partial charge in [-0.1, -0.05) is 29.8 Å². The van der Waals surface area contributed by atoms with Gasteiger partial charge in [0.2, 0.25) is 0 Å². The van der Waals surface area contributed by atoms with Gasteiger partial charge in [0.05, 0.1) is 12.8 Å². The predicted octanol–water partition coefficient (Wildman–Crippen LogP) is 3.14. The standard InChI is InChI=1S/C18H18ClN3O3/c1-3-25-15-6-4-5-13(9-15)11-20-22-18(24)17(23)21-14-8-7-12(2)16(19)10-14/h4-11H,3H2,1-2H3,(H,21,23)(H,22,24)/b20-11-. The average Bonchev–Trinajstić information content (AvgIpc) is 2.59. The summed E-state index contributed by atoms with van der Waals surface area (Å²) >= 11 is 5.98. The Kier molecular flexibility index (Phi) is 6.54. The number of hydrazone groups is 1. The maximum absolute atomic E-state index is 11.8. The Balaban J connectivity index is 1.91. The normalized spacial score (nSPS) is 10.5. The van der Waals surface area contributed by atoms with Crippen molar-refractivity contribution in [2.45, 2.75) is 13.8 Å². The van der Waals surface area contributed by atoms with E-state index in [2.05, 4.69) is 15.8 Å². The molecule has 7 heteroatoms. The Hall–Kier alpha value is -2.86. The second-order valence-corrected chi connectivity index (χ2v) is 5.53. The summed E-state index contributed by atoms with van der Waals surface area (Å²) in [6.45, 7) is 4.29. The molecule has 2 aromatic rings. The van der Waals surface area contributed by atoms with Gasteiger partial charge in [-0.05, 0) is 49.2 Å². The topological polar surface area (TPSA) is 79.8 Å². The van der Waals surface area contributed by atoms with Crippen LogP contribution in [0.2, 0.25) is 5.02 Å². The number of nitrogens with one attached hydrogen (secondary N) is 2. The molecule has 0 spiro atoms. The first-order chi connectivity index (χ1) is 12.0. The number of benzene rings is 2. The number of hydrogen-bond acceptors (Lipinski definition) is 4. The molecule has 0 aliphatic rings. The maximum Gasteiger partial charge on any atom is 0.329 e. The van der Waals surface area contributed by atoms with Gasteiger partial charge in [-0.25, -0.2) is 5.43 Å².